The zero-order valence-electron chi connectivity index (χ0n) is 12.9. The van der Waals surface area contributed by atoms with Crippen LogP contribution in [0.1, 0.15) is 27.2 Å². The van der Waals surface area contributed by atoms with Crippen molar-refractivity contribution in [3.63, 3.8) is 0 Å². The molecule has 9 atom stereocenters. The molecule has 0 aromatic carbocycles. The van der Waals surface area contributed by atoms with E-state index in [9.17, 15) is 0 Å². The van der Waals surface area contributed by atoms with Crippen LogP contribution in [0.15, 0.2) is 0 Å². The predicted molar refractivity (Wildman–Crippen MR) is 73.2 cm³/mol. The molecule has 114 valence electrons. The van der Waals surface area contributed by atoms with Crippen molar-refractivity contribution in [3.05, 3.63) is 0 Å². The van der Waals surface area contributed by atoms with Crippen molar-refractivity contribution in [1.29, 1.82) is 0 Å². The van der Waals surface area contributed by atoms with E-state index >= 15 is 0 Å². The molecule has 9 unspecified atom stereocenters. The molecule has 0 N–H and O–H groups in total. The summed E-state index contributed by atoms with van der Waals surface area (Å²) in [6.07, 6.45) is 2.59. The number of hydrogen-bond acceptors (Lipinski definition) is 4. The molecule has 0 aliphatic carbocycles. The van der Waals surface area contributed by atoms with Gasteiger partial charge in [0.25, 0.3) is 0 Å². The summed E-state index contributed by atoms with van der Waals surface area (Å²) < 4.78 is 23.3. The fourth-order valence-corrected chi connectivity index (χ4v) is 5.59. The quantitative estimate of drug-likeness (QED) is 0.584. The maximum atomic E-state index is 6.38. The molecule has 4 aliphatic heterocycles. The highest BCUT2D eigenvalue weighted by molar-refractivity contribution is 5.20. The molecular formula is C16H26O4. The molecule has 0 spiro atoms. The third-order valence-corrected chi connectivity index (χ3v) is 6.70. The molecule has 0 aromatic rings. The Morgan fingerprint density at radius 1 is 1.15 bits per heavy atom. The number of ether oxygens (including phenoxy) is 4. The Morgan fingerprint density at radius 3 is 2.70 bits per heavy atom. The molecule has 0 saturated carbocycles. The maximum absolute atomic E-state index is 6.38. The van der Waals surface area contributed by atoms with Crippen molar-refractivity contribution in [2.75, 3.05) is 20.5 Å². The first kappa shape index (κ1) is 13.5. The Labute approximate surface area is 121 Å². The van der Waals surface area contributed by atoms with Gasteiger partial charge < -0.3 is 18.9 Å². The molecule has 0 radical (unpaired) electrons. The largest absolute Gasteiger partial charge is 0.373 e. The summed E-state index contributed by atoms with van der Waals surface area (Å²) in [5, 5.41) is 0. The summed E-state index contributed by atoms with van der Waals surface area (Å²) in [4.78, 5) is 0. The van der Waals surface area contributed by atoms with Crippen LogP contribution in [0.3, 0.4) is 0 Å². The van der Waals surface area contributed by atoms with Crippen molar-refractivity contribution in [1.82, 2.24) is 0 Å². The second-order valence-electron chi connectivity index (χ2n) is 7.49. The van der Waals surface area contributed by atoms with Crippen molar-refractivity contribution in [2.45, 2.75) is 51.6 Å². The summed E-state index contributed by atoms with van der Waals surface area (Å²) in [5.74, 6) is 2.39. The Bertz CT molecular complexity index is 400. The Kier molecular flexibility index (Phi) is 2.98. The normalized spacial score (nSPS) is 59.4. The van der Waals surface area contributed by atoms with Gasteiger partial charge in [0.1, 0.15) is 6.79 Å². The van der Waals surface area contributed by atoms with E-state index in [0.717, 1.165) is 13.0 Å². The highest BCUT2D eigenvalue weighted by Gasteiger charge is 2.74. The van der Waals surface area contributed by atoms with E-state index in [1.54, 1.807) is 7.11 Å². The van der Waals surface area contributed by atoms with Crippen LogP contribution < -0.4 is 0 Å². The Balaban J connectivity index is 1.54. The average molecular weight is 282 g/mol. The molecule has 4 rings (SSSR count). The highest BCUT2D eigenvalue weighted by Crippen LogP contribution is 2.67. The molecule has 4 fully saturated rings. The van der Waals surface area contributed by atoms with E-state index in [2.05, 4.69) is 20.8 Å². The second-order valence-corrected chi connectivity index (χ2v) is 7.49. The van der Waals surface area contributed by atoms with Crippen molar-refractivity contribution >= 4 is 0 Å². The maximum Gasteiger partial charge on any atom is 0.146 e. The van der Waals surface area contributed by atoms with Crippen LogP contribution in [0.2, 0.25) is 0 Å². The van der Waals surface area contributed by atoms with Gasteiger partial charge in [0.15, 0.2) is 0 Å². The van der Waals surface area contributed by atoms with Gasteiger partial charge in [-0.2, -0.15) is 0 Å². The van der Waals surface area contributed by atoms with E-state index in [1.165, 1.54) is 0 Å². The first-order chi connectivity index (χ1) is 9.59. The van der Waals surface area contributed by atoms with Gasteiger partial charge in [-0.25, -0.2) is 0 Å². The molecule has 0 aromatic heterocycles. The van der Waals surface area contributed by atoms with E-state index in [0.29, 0.717) is 54.9 Å². The Morgan fingerprint density at radius 2 is 1.95 bits per heavy atom. The van der Waals surface area contributed by atoms with Gasteiger partial charge in [-0.1, -0.05) is 20.8 Å². The summed E-state index contributed by atoms with van der Waals surface area (Å²) in [7, 11) is 1.67. The monoisotopic (exact) mass is 282 g/mol. The highest BCUT2D eigenvalue weighted by atomic mass is 16.7. The minimum absolute atomic E-state index is 0.235. The molecule has 4 bridgehead atoms. The Hall–Kier alpha value is -0.160. The van der Waals surface area contributed by atoms with Gasteiger partial charge in [0, 0.05) is 24.4 Å². The van der Waals surface area contributed by atoms with Gasteiger partial charge in [0.2, 0.25) is 0 Å². The minimum atomic E-state index is 0.235. The predicted octanol–water partition coefficient (Wildman–Crippen LogP) is 2.07. The van der Waals surface area contributed by atoms with E-state index in [-0.39, 0.29) is 5.41 Å². The lowest BCUT2D eigenvalue weighted by Crippen LogP contribution is -2.53. The molecule has 4 heteroatoms. The summed E-state index contributed by atoms with van der Waals surface area (Å²) >= 11 is 0. The minimum Gasteiger partial charge on any atom is -0.373 e. The standard InChI is InChI=1S/C16H26O4/c1-8-9(2)15-16(3)11-5-10(6-18-7-17-4)14(19-11)12(16)13(8)20-15/h8-15H,5-7H2,1-4H3. The van der Waals surface area contributed by atoms with Crippen LogP contribution in [-0.2, 0) is 18.9 Å². The van der Waals surface area contributed by atoms with E-state index in [1.807, 2.05) is 0 Å². The van der Waals surface area contributed by atoms with Crippen molar-refractivity contribution in [2.24, 2.45) is 29.1 Å². The fourth-order valence-electron chi connectivity index (χ4n) is 5.59. The van der Waals surface area contributed by atoms with Gasteiger partial charge in [-0.15, -0.1) is 0 Å². The van der Waals surface area contributed by atoms with Gasteiger partial charge in [0.05, 0.1) is 31.0 Å². The lowest BCUT2D eigenvalue weighted by molar-refractivity contribution is -0.0610. The molecular weight excluding hydrogens is 256 g/mol. The zero-order valence-corrected chi connectivity index (χ0v) is 12.9. The van der Waals surface area contributed by atoms with Crippen LogP contribution in [-0.4, -0.2) is 44.9 Å². The van der Waals surface area contributed by atoms with Gasteiger partial charge >= 0.3 is 0 Å². The van der Waals surface area contributed by atoms with Crippen LogP contribution in [0.4, 0.5) is 0 Å². The number of fused-ring (bicyclic) bond motifs is 9. The van der Waals surface area contributed by atoms with Crippen LogP contribution >= 0.6 is 0 Å². The first-order valence-electron chi connectivity index (χ1n) is 7.96. The van der Waals surface area contributed by atoms with Gasteiger partial charge in [-0.3, -0.25) is 0 Å². The molecule has 4 heterocycles. The third kappa shape index (κ3) is 1.46. The van der Waals surface area contributed by atoms with Gasteiger partial charge in [-0.05, 0) is 18.3 Å². The second kappa shape index (κ2) is 4.42. The van der Waals surface area contributed by atoms with Crippen molar-refractivity contribution < 1.29 is 18.9 Å². The summed E-state index contributed by atoms with van der Waals surface area (Å²) in [6.45, 7) is 8.23. The molecule has 4 saturated heterocycles. The van der Waals surface area contributed by atoms with Crippen molar-refractivity contribution in [3.8, 4) is 0 Å². The molecule has 4 aliphatic rings. The van der Waals surface area contributed by atoms with Crippen LogP contribution in [0, 0.1) is 29.1 Å². The third-order valence-electron chi connectivity index (χ3n) is 6.70. The average Bonchev–Trinajstić information content (AvgIpc) is 3.10. The summed E-state index contributed by atoms with van der Waals surface area (Å²) in [6, 6.07) is 0. The van der Waals surface area contributed by atoms with E-state index in [4.69, 9.17) is 18.9 Å². The zero-order chi connectivity index (χ0) is 14.1. The molecule has 0 amide bonds. The number of methoxy groups -OCH3 is 1. The molecule has 4 nitrogen and oxygen atoms in total. The van der Waals surface area contributed by atoms with E-state index < -0.39 is 0 Å². The SMILES string of the molecule is COCOCC1CC2OC1C1C3OC(C(C)C3C)C21C. The van der Waals surface area contributed by atoms with Crippen LogP contribution in [0.5, 0.6) is 0 Å². The topological polar surface area (TPSA) is 36.9 Å². The summed E-state index contributed by atoms with van der Waals surface area (Å²) in [5.41, 5.74) is 0.235. The fraction of sp³-hybridized carbons (Fsp3) is 1.00. The van der Waals surface area contributed by atoms with Crippen LogP contribution in [0.25, 0.3) is 0 Å². The number of hydrogen-bond donors (Lipinski definition) is 0. The number of rotatable bonds is 4. The lowest BCUT2D eigenvalue weighted by atomic mass is 9.54. The smallest absolute Gasteiger partial charge is 0.146 e. The first-order valence-corrected chi connectivity index (χ1v) is 7.96. The lowest BCUT2D eigenvalue weighted by Gasteiger charge is -2.45. The molecule has 20 heavy (non-hydrogen) atoms.